The largest absolute Gasteiger partial charge is 0.426 e. The van der Waals surface area contributed by atoms with Crippen LogP contribution in [0.3, 0.4) is 0 Å². The molecular formula is C18H17F3N2OS2. The summed E-state index contributed by atoms with van der Waals surface area (Å²) in [5.41, 5.74) is 0.0923. The highest BCUT2D eigenvalue weighted by Gasteiger charge is 2.38. The first-order valence-electron chi connectivity index (χ1n) is 8.26. The van der Waals surface area contributed by atoms with Crippen LogP contribution in [0, 0.1) is 4.77 Å². The standard InChI is InChI=1S/C18H17F3N2OS2/c1-2-3-7-10-23-16(24)14-13(22-17(23)25)12(11-8-5-4-6-9-11)15(26-14)18(19,20)21/h4-6,8-9H,2-3,7,10H2,1H3,(H,22,25). The molecule has 0 saturated heterocycles. The number of hydrogen-bond acceptors (Lipinski definition) is 3. The number of benzene rings is 1. The highest BCUT2D eigenvalue weighted by atomic mass is 32.1. The number of fused-ring (bicyclic) bond motifs is 1. The molecule has 0 unspecified atom stereocenters. The molecule has 26 heavy (non-hydrogen) atoms. The third kappa shape index (κ3) is 3.48. The number of H-pyrrole nitrogens is 1. The number of thiophene rings is 1. The molecule has 0 fully saturated rings. The fourth-order valence-electron chi connectivity index (χ4n) is 2.89. The van der Waals surface area contributed by atoms with Gasteiger partial charge in [0, 0.05) is 12.1 Å². The normalized spacial score (nSPS) is 12.0. The van der Waals surface area contributed by atoms with Gasteiger partial charge in [-0.25, -0.2) is 0 Å². The van der Waals surface area contributed by atoms with Gasteiger partial charge in [0.2, 0.25) is 0 Å². The second kappa shape index (κ2) is 7.36. The molecule has 0 atom stereocenters. The van der Waals surface area contributed by atoms with E-state index >= 15 is 0 Å². The summed E-state index contributed by atoms with van der Waals surface area (Å²) in [5, 5.41) is 0. The predicted molar refractivity (Wildman–Crippen MR) is 101 cm³/mol. The number of nitrogens with zero attached hydrogens (tertiary/aromatic N) is 1. The van der Waals surface area contributed by atoms with Crippen LogP contribution in [0.1, 0.15) is 31.1 Å². The minimum absolute atomic E-state index is 0.0120. The van der Waals surface area contributed by atoms with Crippen molar-refractivity contribution in [1.82, 2.24) is 9.55 Å². The predicted octanol–water partition coefficient (Wildman–Crippen LogP) is 6.00. The number of nitrogens with one attached hydrogen (secondary N) is 1. The lowest BCUT2D eigenvalue weighted by atomic mass is 10.1. The Labute approximate surface area is 157 Å². The van der Waals surface area contributed by atoms with Crippen molar-refractivity contribution < 1.29 is 13.2 Å². The van der Waals surface area contributed by atoms with Gasteiger partial charge in [0.15, 0.2) is 4.77 Å². The van der Waals surface area contributed by atoms with Gasteiger partial charge in [-0.15, -0.1) is 11.3 Å². The van der Waals surface area contributed by atoms with E-state index in [1.165, 1.54) is 4.57 Å². The summed E-state index contributed by atoms with van der Waals surface area (Å²) in [4.78, 5) is 14.9. The van der Waals surface area contributed by atoms with Crippen molar-refractivity contribution >= 4 is 33.8 Å². The Kier molecular flexibility index (Phi) is 5.34. The molecule has 1 aromatic carbocycles. The number of aromatic amines is 1. The lowest BCUT2D eigenvalue weighted by molar-refractivity contribution is -0.133. The van der Waals surface area contributed by atoms with Gasteiger partial charge in [-0.2, -0.15) is 13.2 Å². The number of aromatic nitrogens is 2. The van der Waals surface area contributed by atoms with Crippen LogP contribution in [-0.4, -0.2) is 9.55 Å². The first-order valence-corrected chi connectivity index (χ1v) is 9.49. The second-order valence-electron chi connectivity index (χ2n) is 5.97. The van der Waals surface area contributed by atoms with Crippen molar-refractivity contribution in [2.45, 2.75) is 38.9 Å². The van der Waals surface area contributed by atoms with Crippen LogP contribution in [-0.2, 0) is 12.7 Å². The van der Waals surface area contributed by atoms with E-state index in [4.69, 9.17) is 12.2 Å². The summed E-state index contributed by atoms with van der Waals surface area (Å²) < 4.78 is 42.4. The topological polar surface area (TPSA) is 37.8 Å². The number of hydrogen-bond donors (Lipinski definition) is 1. The van der Waals surface area contributed by atoms with Crippen LogP contribution in [0.5, 0.6) is 0 Å². The molecule has 0 aliphatic carbocycles. The summed E-state index contributed by atoms with van der Waals surface area (Å²) in [7, 11) is 0. The van der Waals surface area contributed by atoms with E-state index in [0.29, 0.717) is 23.4 Å². The smallest absolute Gasteiger partial charge is 0.330 e. The van der Waals surface area contributed by atoms with E-state index < -0.39 is 16.6 Å². The number of alkyl halides is 3. The third-order valence-electron chi connectivity index (χ3n) is 4.13. The summed E-state index contributed by atoms with van der Waals surface area (Å²) in [5.74, 6) is 0. The molecule has 0 radical (unpaired) electrons. The van der Waals surface area contributed by atoms with Crippen molar-refractivity contribution in [3.05, 3.63) is 50.3 Å². The van der Waals surface area contributed by atoms with E-state index in [0.717, 1.165) is 19.3 Å². The molecule has 0 saturated carbocycles. The Morgan fingerprint density at radius 2 is 1.88 bits per heavy atom. The van der Waals surface area contributed by atoms with E-state index in [-0.39, 0.29) is 20.6 Å². The van der Waals surface area contributed by atoms with Crippen molar-refractivity contribution in [2.24, 2.45) is 0 Å². The van der Waals surface area contributed by atoms with Gasteiger partial charge < -0.3 is 4.98 Å². The molecule has 0 aliphatic rings. The maximum absolute atomic E-state index is 13.6. The zero-order valence-corrected chi connectivity index (χ0v) is 15.7. The zero-order chi connectivity index (χ0) is 18.9. The van der Waals surface area contributed by atoms with E-state index in [1.54, 1.807) is 30.3 Å². The molecule has 3 rings (SSSR count). The minimum Gasteiger partial charge on any atom is -0.330 e. The zero-order valence-electron chi connectivity index (χ0n) is 14.0. The number of rotatable bonds is 5. The number of halogens is 3. The van der Waals surface area contributed by atoms with Crippen LogP contribution in [0.15, 0.2) is 35.1 Å². The molecule has 3 nitrogen and oxygen atoms in total. The molecule has 8 heteroatoms. The van der Waals surface area contributed by atoms with Crippen molar-refractivity contribution in [3.8, 4) is 11.1 Å². The fraction of sp³-hybridized carbons (Fsp3) is 0.333. The maximum Gasteiger partial charge on any atom is 0.426 e. The lowest BCUT2D eigenvalue weighted by Crippen LogP contribution is -2.21. The average Bonchev–Trinajstić information content (AvgIpc) is 2.98. The summed E-state index contributed by atoms with van der Waals surface area (Å²) in [6.07, 6.45) is -1.90. The van der Waals surface area contributed by atoms with E-state index in [1.807, 2.05) is 6.92 Å². The summed E-state index contributed by atoms with van der Waals surface area (Å²) in [6, 6.07) is 8.26. The van der Waals surface area contributed by atoms with Crippen LogP contribution in [0.4, 0.5) is 13.2 Å². The Hall–Kier alpha value is -1.93. The van der Waals surface area contributed by atoms with Gasteiger partial charge >= 0.3 is 6.18 Å². The van der Waals surface area contributed by atoms with E-state index in [2.05, 4.69) is 4.98 Å². The highest BCUT2D eigenvalue weighted by Crippen LogP contribution is 2.45. The molecule has 1 N–H and O–H groups in total. The minimum atomic E-state index is -4.55. The molecule has 3 aromatic rings. The summed E-state index contributed by atoms with van der Waals surface area (Å²) in [6.45, 7) is 2.44. The Bertz CT molecular complexity index is 1030. The summed E-state index contributed by atoms with van der Waals surface area (Å²) >= 11 is 5.74. The van der Waals surface area contributed by atoms with Crippen molar-refractivity contribution in [1.29, 1.82) is 0 Å². The molecule has 0 bridgehead atoms. The van der Waals surface area contributed by atoms with Gasteiger partial charge in [-0.05, 0) is 24.2 Å². The quantitative estimate of drug-likeness (QED) is 0.423. The molecule has 2 heterocycles. The lowest BCUT2D eigenvalue weighted by Gasteiger charge is -2.09. The van der Waals surface area contributed by atoms with Crippen LogP contribution in [0.25, 0.3) is 21.3 Å². The molecular weight excluding hydrogens is 381 g/mol. The van der Waals surface area contributed by atoms with Gasteiger partial charge in [0.25, 0.3) is 5.56 Å². The first-order chi connectivity index (χ1) is 12.3. The molecule has 0 spiro atoms. The van der Waals surface area contributed by atoms with Crippen molar-refractivity contribution in [3.63, 3.8) is 0 Å². The van der Waals surface area contributed by atoms with Gasteiger partial charge in [-0.3, -0.25) is 9.36 Å². The molecule has 2 aromatic heterocycles. The van der Waals surface area contributed by atoms with E-state index in [9.17, 15) is 18.0 Å². The number of unbranched alkanes of at least 4 members (excludes halogenated alkanes) is 2. The first kappa shape index (κ1) is 18.8. The Morgan fingerprint density at radius 1 is 1.19 bits per heavy atom. The van der Waals surface area contributed by atoms with Gasteiger partial charge in [0.05, 0.1) is 5.52 Å². The average molecular weight is 398 g/mol. The SMILES string of the molecule is CCCCCn1c(=S)[nH]c2c(-c3ccccc3)c(C(F)(F)F)sc2c1=O. The maximum atomic E-state index is 13.6. The van der Waals surface area contributed by atoms with Gasteiger partial charge in [-0.1, -0.05) is 50.1 Å². The Morgan fingerprint density at radius 3 is 2.50 bits per heavy atom. The monoisotopic (exact) mass is 398 g/mol. The highest BCUT2D eigenvalue weighted by molar-refractivity contribution is 7.71. The van der Waals surface area contributed by atoms with Crippen LogP contribution < -0.4 is 5.56 Å². The van der Waals surface area contributed by atoms with Crippen molar-refractivity contribution in [2.75, 3.05) is 0 Å². The Balaban J connectivity index is 2.29. The van der Waals surface area contributed by atoms with Crippen LogP contribution >= 0.6 is 23.6 Å². The molecule has 0 aliphatic heterocycles. The van der Waals surface area contributed by atoms with Crippen LogP contribution in [0.2, 0.25) is 0 Å². The second-order valence-corrected chi connectivity index (χ2v) is 7.38. The molecule has 138 valence electrons. The van der Waals surface area contributed by atoms with Gasteiger partial charge in [0.1, 0.15) is 9.58 Å². The fourth-order valence-corrected chi connectivity index (χ4v) is 4.26. The molecule has 0 amide bonds. The third-order valence-corrected chi connectivity index (χ3v) is 5.67.